The molecule has 0 bridgehead atoms. The molecule has 0 saturated carbocycles. The van der Waals surface area contributed by atoms with Gasteiger partial charge in [-0.1, -0.05) is 40.7 Å². The number of rotatable bonds is 13. The molecule has 5 heteroatoms. The van der Waals surface area contributed by atoms with Crippen molar-refractivity contribution in [2.24, 2.45) is 23.7 Å². The monoisotopic (exact) mass is 368 g/mol. The second kappa shape index (κ2) is 12.9. The van der Waals surface area contributed by atoms with Crippen molar-refractivity contribution in [3.63, 3.8) is 0 Å². The highest BCUT2D eigenvalue weighted by Crippen LogP contribution is 2.24. The average molecular weight is 369 g/mol. The van der Waals surface area contributed by atoms with E-state index in [0.717, 1.165) is 25.8 Å². The Balaban J connectivity index is 4.27. The Morgan fingerprint density at radius 3 is 2.31 bits per heavy atom. The van der Waals surface area contributed by atoms with Crippen LogP contribution in [0.3, 0.4) is 0 Å². The number of carbonyl (C=O) groups excluding carboxylic acids is 2. The molecule has 152 valence electrons. The quantitative estimate of drug-likeness (QED) is 0.490. The largest absolute Gasteiger partial charge is 0.394 e. The van der Waals surface area contributed by atoms with Crippen molar-refractivity contribution in [1.29, 1.82) is 0 Å². The first-order chi connectivity index (χ1) is 12.2. The molecule has 0 aliphatic heterocycles. The van der Waals surface area contributed by atoms with Crippen LogP contribution >= 0.6 is 0 Å². The van der Waals surface area contributed by atoms with Crippen molar-refractivity contribution in [3.8, 4) is 0 Å². The SMILES string of the molecule is C=C[C@H](CO)NC(=O)C[C@@H](C)[C@@H](C)C[C@H](C)CCN(C)C(=O)[C@H](C)CC. The Morgan fingerprint density at radius 2 is 1.81 bits per heavy atom. The first-order valence-corrected chi connectivity index (χ1v) is 9.93. The zero-order valence-corrected chi connectivity index (χ0v) is 17.6. The van der Waals surface area contributed by atoms with Crippen LogP contribution in [0.4, 0.5) is 0 Å². The van der Waals surface area contributed by atoms with Gasteiger partial charge in [0, 0.05) is 25.9 Å². The number of aliphatic hydroxyl groups excluding tert-OH is 1. The molecule has 0 aromatic rings. The van der Waals surface area contributed by atoms with Gasteiger partial charge in [-0.2, -0.15) is 0 Å². The number of nitrogens with one attached hydrogen (secondary N) is 1. The van der Waals surface area contributed by atoms with Crippen LogP contribution in [0.15, 0.2) is 12.7 Å². The van der Waals surface area contributed by atoms with Gasteiger partial charge in [0.25, 0.3) is 0 Å². The van der Waals surface area contributed by atoms with Gasteiger partial charge in [0.1, 0.15) is 0 Å². The molecule has 2 amide bonds. The summed E-state index contributed by atoms with van der Waals surface area (Å²) in [6.07, 6.45) is 4.88. The zero-order valence-electron chi connectivity index (χ0n) is 17.6. The van der Waals surface area contributed by atoms with Crippen molar-refractivity contribution < 1.29 is 14.7 Å². The van der Waals surface area contributed by atoms with E-state index < -0.39 is 0 Å². The summed E-state index contributed by atoms with van der Waals surface area (Å²) in [5, 5.41) is 11.9. The fraction of sp³-hybridized carbons (Fsp3) is 0.810. The van der Waals surface area contributed by atoms with E-state index in [1.54, 1.807) is 6.08 Å². The Hall–Kier alpha value is -1.36. The van der Waals surface area contributed by atoms with Gasteiger partial charge in [-0.15, -0.1) is 6.58 Å². The van der Waals surface area contributed by atoms with E-state index in [0.29, 0.717) is 18.3 Å². The van der Waals surface area contributed by atoms with Crippen LogP contribution in [-0.4, -0.2) is 48.1 Å². The Bertz CT molecular complexity index is 439. The molecule has 26 heavy (non-hydrogen) atoms. The van der Waals surface area contributed by atoms with Crippen LogP contribution in [0.1, 0.15) is 60.3 Å². The molecule has 5 atom stereocenters. The molecule has 0 aliphatic carbocycles. The first kappa shape index (κ1) is 24.6. The number of carbonyl (C=O) groups is 2. The molecule has 0 spiro atoms. The van der Waals surface area contributed by atoms with Gasteiger partial charge in [0.05, 0.1) is 12.6 Å². The van der Waals surface area contributed by atoms with E-state index >= 15 is 0 Å². The van der Waals surface area contributed by atoms with Gasteiger partial charge in [-0.05, 0) is 37.0 Å². The molecule has 0 aliphatic rings. The van der Waals surface area contributed by atoms with Gasteiger partial charge in [0.15, 0.2) is 0 Å². The van der Waals surface area contributed by atoms with E-state index in [1.165, 1.54) is 0 Å². The lowest BCUT2D eigenvalue weighted by Crippen LogP contribution is -2.37. The van der Waals surface area contributed by atoms with Crippen molar-refractivity contribution in [1.82, 2.24) is 10.2 Å². The average Bonchev–Trinajstić information content (AvgIpc) is 2.62. The molecule has 0 heterocycles. The third kappa shape index (κ3) is 9.37. The lowest BCUT2D eigenvalue weighted by Gasteiger charge is -2.26. The van der Waals surface area contributed by atoms with E-state index in [-0.39, 0.29) is 36.3 Å². The molecule has 0 radical (unpaired) electrons. The molecule has 0 aromatic heterocycles. The summed E-state index contributed by atoms with van der Waals surface area (Å²) in [5.41, 5.74) is 0. The summed E-state index contributed by atoms with van der Waals surface area (Å²) in [6.45, 7) is 14.8. The smallest absolute Gasteiger partial charge is 0.225 e. The second-order valence-corrected chi connectivity index (χ2v) is 7.95. The summed E-state index contributed by atoms with van der Waals surface area (Å²) in [7, 11) is 1.88. The number of amides is 2. The molecule has 0 rings (SSSR count). The van der Waals surface area contributed by atoms with Crippen LogP contribution in [0.25, 0.3) is 0 Å². The summed E-state index contributed by atoms with van der Waals surface area (Å²) < 4.78 is 0. The van der Waals surface area contributed by atoms with Crippen LogP contribution in [0.2, 0.25) is 0 Å². The standard InChI is InChI=1S/C21H40N2O3/c1-8-16(4)21(26)23(7)11-10-15(3)12-17(5)18(6)13-20(25)22-19(9-2)14-24/h9,15-19,24H,2,8,10-14H2,1,3-7H3,(H,22,25)/t15-,16-,17+,18-,19-/m1/s1. The third-order valence-electron chi connectivity index (χ3n) is 5.45. The van der Waals surface area contributed by atoms with Crippen LogP contribution in [-0.2, 0) is 9.59 Å². The predicted octanol–water partition coefficient (Wildman–Crippen LogP) is 3.23. The Kier molecular flexibility index (Phi) is 12.2. The lowest BCUT2D eigenvalue weighted by atomic mass is 9.84. The minimum absolute atomic E-state index is 0.0464. The topological polar surface area (TPSA) is 69.6 Å². The van der Waals surface area contributed by atoms with Crippen LogP contribution in [0.5, 0.6) is 0 Å². The van der Waals surface area contributed by atoms with Gasteiger partial charge >= 0.3 is 0 Å². The third-order valence-corrected chi connectivity index (χ3v) is 5.45. The normalized spacial score (nSPS) is 16.9. The van der Waals surface area contributed by atoms with Crippen molar-refractivity contribution in [2.45, 2.75) is 66.3 Å². The highest BCUT2D eigenvalue weighted by molar-refractivity contribution is 5.78. The van der Waals surface area contributed by atoms with E-state index in [1.807, 2.05) is 25.8 Å². The number of aliphatic hydroxyl groups is 1. The van der Waals surface area contributed by atoms with E-state index in [9.17, 15) is 9.59 Å². The zero-order chi connectivity index (χ0) is 20.3. The first-order valence-electron chi connectivity index (χ1n) is 9.93. The highest BCUT2D eigenvalue weighted by atomic mass is 16.3. The fourth-order valence-corrected chi connectivity index (χ4v) is 3.00. The van der Waals surface area contributed by atoms with Crippen molar-refractivity contribution in [2.75, 3.05) is 20.2 Å². The molecule has 5 nitrogen and oxygen atoms in total. The van der Waals surface area contributed by atoms with E-state index in [2.05, 4.69) is 32.7 Å². The summed E-state index contributed by atoms with van der Waals surface area (Å²) in [6, 6.07) is -0.373. The molecule has 0 saturated heterocycles. The maximum absolute atomic E-state index is 12.1. The van der Waals surface area contributed by atoms with Gasteiger partial charge in [-0.25, -0.2) is 0 Å². The lowest BCUT2D eigenvalue weighted by molar-refractivity contribution is -0.134. The summed E-state index contributed by atoms with van der Waals surface area (Å²) in [4.78, 5) is 26.0. The summed E-state index contributed by atoms with van der Waals surface area (Å²) >= 11 is 0. The number of nitrogens with zero attached hydrogens (tertiary/aromatic N) is 1. The number of hydrogen-bond donors (Lipinski definition) is 2. The van der Waals surface area contributed by atoms with Gasteiger partial charge in [-0.3, -0.25) is 9.59 Å². The molecular weight excluding hydrogens is 328 g/mol. The minimum atomic E-state index is -0.373. The van der Waals surface area contributed by atoms with Crippen molar-refractivity contribution in [3.05, 3.63) is 12.7 Å². The van der Waals surface area contributed by atoms with E-state index in [4.69, 9.17) is 5.11 Å². The predicted molar refractivity (Wildman–Crippen MR) is 108 cm³/mol. The minimum Gasteiger partial charge on any atom is -0.394 e. The second-order valence-electron chi connectivity index (χ2n) is 7.95. The van der Waals surface area contributed by atoms with Gasteiger partial charge in [0.2, 0.25) is 11.8 Å². The maximum Gasteiger partial charge on any atom is 0.225 e. The molecule has 0 aromatic carbocycles. The fourth-order valence-electron chi connectivity index (χ4n) is 3.00. The highest BCUT2D eigenvalue weighted by Gasteiger charge is 2.21. The maximum atomic E-state index is 12.1. The molecule has 0 unspecified atom stereocenters. The molecule has 0 fully saturated rings. The Labute approximate surface area is 160 Å². The number of hydrogen-bond acceptors (Lipinski definition) is 3. The van der Waals surface area contributed by atoms with Gasteiger partial charge < -0.3 is 15.3 Å². The summed E-state index contributed by atoms with van der Waals surface area (Å²) in [5.74, 6) is 1.45. The van der Waals surface area contributed by atoms with Crippen LogP contribution in [0, 0.1) is 23.7 Å². The molecular formula is C21H40N2O3. The Morgan fingerprint density at radius 1 is 1.19 bits per heavy atom. The van der Waals surface area contributed by atoms with Crippen LogP contribution < -0.4 is 5.32 Å². The van der Waals surface area contributed by atoms with Crippen molar-refractivity contribution >= 4 is 11.8 Å². The molecule has 2 N–H and O–H groups in total.